The van der Waals surface area contributed by atoms with E-state index in [0.29, 0.717) is 11.3 Å². The standard InChI is InChI=1S/C27H31N5O6S/c1-16-7-8-18(21(13-25(33)34)19-11-22-26(23(12-19)37-4)31(3)30-29-22)10-20(16)15-32-14-17(2)38-27-24(39(32,35)36)6-5-9-28-27/h5-12,17,21,35-36H,13-15H2,1-4H3,(H,33,34)/t17-,21?/m0/s1. The molecule has 0 saturated heterocycles. The van der Waals surface area contributed by atoms with Crippen LogP contribution in [-0.4, -0.2) is 64.2 Å². The largest absolute Gasteiger partial charge is 0.494 e. The number of ether oxygens (including phenoxy) is 2. The molecule has 11 nitrogen and oxygen atoms in total. The van der Waals surface area contributed by atoms with Crippen LogP contribution in [0.1, 0.15) is 41.5 Å². The molecule has 1 aliphatic heterocycles. The Kier molecular flexibility index (Phi) is 7.21. The summed E-state index contributed by atoms with van der Waals surface area (Å²) >= 11 is 0. The van der Waals surface area contributed by atoms with Crippen molar-refractivity contribution in [2.45, 2.75) is 43.7 Å². The third kappa shape index (κ3) is 5.15. The molecule has 3 N–H and O–H groups in total. The second-order valence-corrected chi connectivity index (χ2v) is 11.7. The van der Waals surface area contributed by atoms with Gasteiger partial charge in [-0.3, -0.25) is 13.9 Å². The molecule has 2 aromatic carbocycles. The normalized spacial score (nSPS) is 18.6. The van der Waals surface area contributed by atoms with Gasteiger partial charge in [-0.05, 0) is 60.4 Å². The quantitative estimate of drug-likeness (QED) is 0.297. The molecule has 1 aliphatic rings. The smallest absolute Gasteiger partial charge is 0.304 e. The van der Waals surface area contributed by atoms with Crippen LogP contribution in [0.5, 0.6) is 11.6 Å². The van der Waals surface area contributed by atoms with Gasteiger partial charge in [0.05, 0.1) is 20.1 Å². The van der Waals surface area contributed by atoms with Crippen molar-refractivity contribution in [1.82, 2.24) is 24.3 Å². The number of carboxylic acids is 1. The molecule has 0 bridgehead atoms. The summed E-state index contributed by atoms with van der Waals surface area (Å²) in [7, 11) is -0.0597. The monoisotopic (exact) mass is 553 g/mol. The zero-order chi connectivity index (χ0) is 27.9. The van der Waals surface area contributed by atoms with E-state index < -0.39 is 22.7 Å². The van der Waals surface area contributed by atoms with E-state index in [9.17, 15) is 19.0 Å². The number of aromatic nitrogens is 4. The summed E-state index contributed by atoms with van der Waals surface area (Å²) in [6.07, 6.45) is 1.07. The van der Waals surface area contributed by atoms with E-state index in [0.717, 1.165) is 27.8 Å². The lowest BCUT2D eigenvalue weighted by Gasteiger charge is -2.41. The fraction of sp³-hybridized carbons (Fsp3) is 0.333. The molecule has 0 amide bonds. The van der Waals surface area contributed by atoms with Crippen molar-refractivity contribution in [1.29, 1.82) is 0 Å². The van der Waals surface area contributed by atoms with Crippen LogP contribution in [0.4, 0.5) is 0 Å². The van der Waals surface area contributed by atoms with Gasteiger partial charge in [0.25, 0.3) is 0 Å². The van der Waals surface area contributed by atoms with E-state index in [-0.39, 0.29) is 36.4 Å². The maximum atomic E-state index is 12.0. The molecule has 0 saturated carbocycles. The van der Waals surface area contributed by atoms with Crippen LogP contribution in [0.25, 0.3) is 11.0 Å². The molecule has 12 heteroatoms. The van der Waals surface area contributed by atoms with E-state index in [2.05, 4.69) is 15.3 Å². The Balaban J connectivity index is 1.55. The van der Waals surface area contributed by atoms with Crippen molar-refractivity contribution in [3.8, 4) is 11.6 Å². The van der Waals surface area contributed by atoms with Crippen molar-refractivity contribution >= 4 is 27.8 Å². The number of rotatable bonds is 7. The van der Waals surface area contributed by atoms with Gasteiger partial charge >= 0.3 is 5.97 Å². The highest BCUT2D eigenvalue weighted by Gasteiger charge is 2.35. The van der Waals surface area contributed by atoms with Gasteiger partial charge < -0.3 is 14.6 Å². The van der Waals surface area contributed by atoms with Crippen LogP contribution in [0.15, 0.2) is 53.6 Å². The first-order valence-corrected chi connectivity index (χ1v) is 13.9. The summed E-state index contributed by atoms with van der Waals surface area (Å²) in [6.45, 7) is 4.28. The summed E-state index contributed by atoms with van der Waals surface area (Å²) in [5, 5.41) is 18.1. The number of hydrogen-bond acceptors (Lipinski definition) is 9. The van der Waals surface area contributed by atoms with Crippen molar-refractivity contribution in [3.05, 3.63) is 70.9 Å². The van der Waals surface area contributed by atoms with Gasteiger partial charge in [-0.15, -0.1) is 15.9 Å². The summed E-state index contributed by atoms with van der Waals surface area (Å²) in [4.78, 5) is 16.4. The Morgan fingerprint density at radius 2 is 2.03 bits per heavy atom. The van der Waals surface area contributed by atoms with Crippen molar-refractivity contribution in [2.24, 2.45) is 7.05 Å². The molecular weight excluding hydrogens is 522 g/mol. The maximum Gasteiger partial charge on any atom is 0.304 e. The van der Waals surface area contributed by atoms with Crippen LogP contribution in [0.3, 0.4) is 0 Å². The molecule has 0 aliphatic carbocycles. The van der Waals surface area contributed by atoms with Crippen molar-refractivity contribution in [3.63, 3.8) is 0 Å². The molecule has 2 atom stereocenters. The summed E-state index contributed by atoms with van der Waals surface area (Å²) < 4.78 is 37.3. The number of carboxylic acid groups (broad SMARTS) is 1. The topological polar surface area (TPSA) is 143 Å². The molecule has 39 heavy (non-hydrogen) atoms. The van der Waals surface area contributed by atoms with Crippen LogP contribution in [-0.2, 0) is 18.4 Å². The van der Waals surface area contributed by atoms with Gasteiger partial charge in [0.2, 0.25) is 5.88 Å². The van der Waals surface area contributed by atoms with Gasteiger partial charge in [-0.25, -0.2) is 9.67 Å². The predicted molar refractivity (Wildman–Crippen MR) is 146 cm³/mol. The first-order chi connectivity index (χ1) is 18.6. The van der Waals surface area contributed by atoms with Gasteiger partial charge in [0, 0.05) is 25.7 Å². The Morgan fingerprint density at radius 3 is 2.77 bits per heavy atom. The van der Waals surface area contributed by atoms with E-state index in [1.54, 1.807) is 41.5 Å². The molecule has 3 heterocycles. The number of nitrogens with zero attached hydrogens (tertiary/aromatic N) is 5. The second-order valence-electron chi connectivity index (χ2n) is 9.72. The maximum absolute atomic E-state index is 12.0. The molecule has 5 rings (SSSR count). The molecule has 206 valence electrons. The lowest BCUT2D eigenvalue weighted by Crippen LogP contribution is -2.33. The predicted octanol–water partition coefficient (Wildman–Crippen LogP) is 4.59. The third-order valence-electron chi connectivity index (χ3n) is 6.98. The fourth-order valence-corrected chi connectivity index (χ4v) is 6.60. The minimum Gasteiger partial charge on any atom is -0.494 e. The first-order valence-electron chi connectivity index (χ1n) is 12.4. The Bertz CT molecular complexity index is 1540. The summed E-state index contributed by atoms with van der Waals surface area (Å²) in [6, 6.07) is 12.7. The van der Waals surface area contributed by atoms with Crippen LogP contribution >= 0.6 is 10.8 Å². The zero-order valence-electron chi connectivity index (χ0n) is 22.1. The molecular formula is C27H31N5O6S. The number of benzene rings is 2. The Morgan fingerprint density at radius 1 is 1.23 bits per heavy atom. The first kappa shape index (κ1) is 26.9. The van der Waals surface area contributed by atoms with Gasteiger partial charge in [0.1, 0.15) is 27.8 Å². The average molecular weight is 554 g/mol. The fourth-order valence-electron chi connectivity index (χ4n) is 4.99. The number of pyridine rings is 1. The number of fused-ring (bicyclic) bond motifs is 2. The van der Waals surface area contributed by atoms with Gasteiger partial charge in [0.15, 0.2) is 0 Å². The second kappa shape index (κ2) is 10.5. The molecule has 0 spiro atoms. The summed E-state index contributed by atoms with van der Waals surface area (Å²) in [5.74, 6) is -0.679. The average Bonchev–Trinajstić information content (AvgIpc) is 3.24. The Labute approximate surface area is 227 Å². The van der Waals surface area contributed by atoms with E-state index in [1.165, 1.54) is 0 Å². The van der Waals surface area contributed by atoms with Crippen molar-refractivity contribution in [2.75, 3.05) is 13.7 Å². The number of hydrogen-bond donors (Lipinski definition) is 3. The third-order valence-corrected chi connectivity index (χ3v) is 8.87. The zero-order valence-corrected chi connectivity index (χ0v) is 22.9. The lowest BCUT2D eigenvalue weighted by molar-refractivity contribution is -0.137. The van der Waals surface area contributed by atoms with E-state index in [1.807, 2.05) is 44.2 Å². The van der Waals surface area contributed by atoms with Gasteiger partial charge in [-0.1, -0.05) is 23.4 Å². The highest BCUT2D eigenvalue weighted by molar-refractivity contribution is 8.22. The Hall–Kier alpha value is -3.71. The molecule has 4 aromatic rings. The lowest BCUT2D eigenvalue weighted by atomic mass is 9.86. The summed E-state index contributed by atoms with van der Waals surface area (Å²) in [5.41, 5.74) is 4.62. The number of methoxy groups -OCH3 is 1. The highest BCUT2D eigenvalue weighted by Crippen LogP contribution is 2.56. The number of aryl methyl sites for hydroxylation is 2. The molecule has 0 radical (unpaired) electrons. The van der Waals surface area contributed by atoms with Crippen LogP contribution in [0, 0.1) is 6.92 Å². The highest BCUT2D eigenvalue weighted by atomic mass is 32.3. The van der Waals surface area contributed by atoms with Crippen LogP contribution in [0.2, 0.25) is 0 Å². The molecule has 2 aromatic heterocycles. The molecule has 0 fully saturated rings. The van der Waals surface area contributed by atoms with Gasteiger partial charge in [-0.2, -0.15) is 4.31 Å². The molecule has 1 unspecified atom stereocenters. The van der Waals surface area contributed by atoms with E-state index in [4.69, 9.17) is 9.47 Å². The van der Waals surface area contributed by atoms with Crippen molar-refractivity contribution < 1.29 is 28.5 Å². The number of carbonyl (C=O) groups is 1. The number of aliphatic carboxylic acids is 1. The SMILES string of the molecule is COc1cc(C(CC(=O)O)c2ccc(C)c(CN3C[C@H](C)Oc4ncccc4S3(O)O)c2)cc2nnn(C)c12. The minimum atomic E-state index is -3.38. The minimum absolute atomic E-state index is 0.153. The van der Waals surface area contributed by atoms with E-state index >= 15 is 0 Å². The van der Waals surface area contributed by atoms with Crippen LogP contribution < -0.4 is 9.47 Å².